The summed E-state index contributed by atoms with van der Waals surface area (Å²) >= 11 is 0. The average Bonchev–Trinajstić information content (AvgIpc) is 3.69. The van der Waals surface area contributed by atoms with E-state index in [0.717, 1.165) is 75.0 Å². The summed E-state index contributed by atoms with van der Waals surface area (Å²) in [5.74, 6) is 7.97. The zero-order valence-corrected chi connectivity index (χ0v) is 36.7. The maximum atomic E-state index is 11.6. The quantitative estimate of drug-likeness (QED) is 0.149. The summed E-state index contributed by atoms with van der Waals surface area (Å²) in [6.07, 6.45) is 30.7. The molecule has 4 heteroatoms. The Balaban J connectivity index is 0.733. The van der Waals surface area contributed by atoms with Crippen LogP contribution in [0.3, 0.4) is 0 Å². The predicted molar refractivity (Wildman–Crippen MR) is 225 cm³/mol. The highest BCUT2D eigenvalue weighted by Crippen LogP contribution is 2.70. The van der Waals surface area contributed by atoms with E-state index in [1.165, 1.54) is 109 Å². The number of aliphatic hydroxyl groups excluding tert-OH is 4. The van der Waals surface area contributed by atoms with E-state index in [-0.39, 0.29) is 24.4 Å². The monoisotopic (exact) mass is 765 g/mol. The minimum Gasteiger partial charge on any atom is -0.393 e. The van der Waals surface area contributed by atoms with Crippen molar-refractivity contribution in [2.45, 2.75) is 226 Å². The number of fused-ring (bicyclic) bond motifs is 10. The van der Waals surface area contributed by atoms with Crippen LogP contribution in [0, 0.1) is 92.7 Å². The molecule has 8 fully saturated rings. The third-order valence-electron chi connectivity index (χ3n) is 21.7. The Kier molecular flexibility index (Phi) is 12.1. The van der Waals surface area contributed by atoms with Crippen LogP contribution in [0.4, 0.5) is 0 Å². The van der Waals surface area contributed by atoms with E-state index in [2.05, 4.69) is 41.5 Å². The van der Waals surface area contributed by atoms with Crippen LogP contribution < -0.4 is 0 Å². The molecule has 0 spiro atoms. The first-order chi connectivity index (χ1) is 26.2. The summed E-state index contributed by atoms with van der Waals surface area (Å²) in [5, 5.41) is 44.1. The summed E-state index contributed by atoms with van der Waals surface area (Å²) < 4.78 is 0. The van der Waals surface area contributed by atoms with Gasteiger partial charge in [0, 0.05) is 0 Å². The highest BCUT2D eigenvalue weighted by molar-refractivity contribution is 5.13. The van der Waals surface area contributed by atoms with E-state index in [1.807, 2.05) is 0 Å². The number of rotatable bonds is 12. The molecule has 8 aliphatic rings. The van der Waals surface area contributed by atoms with Crippen molar-refractivity contribution in [1.82, 2.24) is 0 Å². The van der Waals surface area contributed by atoms with Gasteiger partial charge in [-0.3, -0.25) is 0 Å². The highest BCUT2D eigenvalue weighted by atomic mass is 16.3. The number of aliphatic hydroxyl groups is 4. The Morgan fingerprint density at radius 1 is 0.418 bits per heavy atom. The average molecular weight is 765 g/mol. The maximum absolute atomic E-state index is 11.6. The molecular weight excluding hydrogens is 677 g/mol. The molecule has 316 valence electrons. The zero-order chi connectivity index (χ0) is 38.9. The first kappa shape index (κ1) is 41.6. The van der Waals surface area contributed by atoms with Gasteiger partial charge in [0.2, 0.25) is 0 Å². The Labute approximate surface area is 338 Å². The van der Waals surface area contributed by atoms with Gasteiger partial charge in [0.1, 0.15) is 0 Å². The van der Waals surface area contributed by atoms with Crippen molar-refractivity contribution in [3.8, 4) is 0 Å². The largest absolute Gasteiger partial charge is 0.393 e. The lowest BCUT2D eigenvalue weighted by atomic mass is 9.43. The van der Waals surface area contributed by atoms with Gasteiger partial charge in [0.15, 0.2) is 0 Å². The lowest BCUT2D eigenvalue weighted by Crippen LogP contribution is -2.58. The summed E-state index contributed by atoms with van der Waals surface area (Å²) in [4.78, 5) is 0. The summed E-state index contributed by atoms with van der Waals surface area (Å²) in [6.45, 7) is 15.5. The van der Waals surface area contributed by atoms with E-state index in [0.29, 0.717) is 69.0 Å². The van der Waals surface area contributed by atoms with Crippen LogP contribution in [0.25, 0.3) is 0 Å². The lowest BCUT2D eigenvalue weighted by Gasteiger charge is -2.62. The van der Waals surface area contributed by atoms with Crippen LogP contribution in [0.1, 0.15) is 202 Å². The molecule has 0 amide bonds. The Hall–Kier alpha value is -0.160. The van der Waals surface area contributed by atoms with Gasteiger partial charge in [0.05, 0.1) is 24.4 Å². The van der Waals surface area contributed by atoms with E-state index in [1.54, 1.807) is 0 Å². The summed E-state index contributed by atoms with van der Waals surface area (Å²) in [6, 6.07) is 0. The molecule has 0 radical (unpaired) electrons. The van der Waals surface area contributed by atoms with E-state index in [4.69, 9.17) is 0 Å². The van der Waals surface area contributed by atoms with Crippen molar-refractivity contribution in [3.05, 3.63) is 0 Å². The fraction of sp³-hybridized carbons (Fsp3) is 1.00. The number of hydrogen-bond donors (Lipinski definition) is 4. The van der Waals surface area contributed by atoms with E-state index in [9.17, 15) is 20.4 Å². The molecule has 0 saturated heterocycles. The zero-order valence-electron chi connectivity index (χ0n) is 36.7. The lowest BCUT2D eigenvalue weighted by molar-refractivity contribution is -0.174. The number of unbranched alkanes of at least 4 members (excludes halogenated alkanes) is 6. The molecule has 4 nitrogen and oxygen atoms in total. The van der Waals surface area contributed by atoms with Crippen LogP contribution in [-0.2, 0) is 0 Å². The number of hydrogen-bond acceptors (Lipinski definition) is 4. The first-order valence-electron chi connectivity index (χ1n) is 24.9. The molecule has 0 aromatic carbocycles. The molecule has 4 N–H and O–H groups in total. The second-order valence-corrected chi connectivity index (χ2v) is 23.9. The molecule has 8 rings (SSSR count). The van der Waals surface area contributed by atoms with Gasteiger partial charge in [-0.15, -0.1) is 0 Å². The van der Waals surface area contributed by atoms with Crippen LogP contribution in [0.15, 0.2) is 0 Å². The van der Waals surface area contributed by atoms with Crippen molar-refractivity contribution in [2.24, 2.45) is 92.7 Å². The highest BCUT2D eigenvalue weighted by Gasteiger charge is 2.64. The van der Waals surface area contributed by atoms with Gasteiger partial charge < -0.3 is 20.4 Å². The standard InChI is InChI=1S/C51H88O4/c1-32(38-16-18-40-46-42(22-26-50(38,40)5)48(3)24-20-36(52)28-34(48)30-44(46)54)14-12-10-8-7-9-11-13-15-33(2)39-17-19-41-47-43(23-27-51(39,41)6)49(4)25-21-37(53)29-35(49)31-45(47)55/h32-47,52-55H,7-31H2,1-6H3/t32-,33+,34?,35?,36-,37-,38-,39-,40?,41?,42+,43+,44+,45+,46+,47+,48+,49+,50-,51-/m1/s1. The third-order valence-corrected chi connectivity index (χ3v) is 21.7. The molecule has 0 aromatic heterocycles. The normalized spacial score (nSPS) is 52.9. The molecule has 8 saturated carbocycles. The molecule has 4 unspecified atom stereocenters. The Morgan fingerprint density at radius 2 is 0.764 bits per heavy atom. The van der Waals surface area contributed by atoms with Gasteiger partial charge in [0.25, 0.3) is 0 Å². The Morgan fingerprint density at radius 3 is 1.16 bits per heavy atom. The molecule has 55 heavy (non-hydrogen) atoms. The van der Waals surface area contributed by atoms with Crippen molar-refractivity contribution < 1.29 is 20.4 Å². The molecule has 8 aliphatic carbocycles. The van der Waals surface area contributed by atoms with Crippen molar-refractivity contribution in [3.63, 3.8) is 0 Å². The van der Waals surface area contributed by atoms with Gasteiger partial charge in [-0.05, 0) is 195 Å². The van der Waals surface area contributed by atoms with Gasteiger partial charge in [-0.25, -0.2) is 0 Å². The Bertz CT molecular complexity index is 1210. The van der Waals surface area contributed by atoms with Crippen LogP contribution >= 0.6 is 0 Å². The molecule has 0 bridgehead atoms. The summed E-state index contributed by atoms with van der Waals surface area (Å²) in [7, 11) is 0. The van der Waals surface area contributed by atoms with Gasteiger partial charge >= 0.3 is 0 Å². The van der Waals surface area contributed by atoms with Gasteiger partial charge in [-0.2, -0.15) is 0 Å². The SMILES string of the molecule is C[C@H](CCCCCCCCC[C@H](C)[C@H]1CCC2[C@@H]3[C@@H](O)CC4C[C@H](O)CC[C@]4(C)[C@H]3CC[C@@]21C)[C@H]1CCC2[C@@H]3[C@@H](O)CC4C[C@H](O)CC[C@]4(C)[C@H]3CC[C@@]21C. The second-order valence-electron chi connectivity index (χ2n) is 23.9. The summed E-state index contributed by atoms with van der Waals surface area (Å²) in [5.41, 5.74) is 1.47. The van der Waals surface area contributed by atoms with Crippen LogP contribution in [0.2, 0.25) is 0 Å². The maximum Gasteiger partial charge on any atom is 0.0577 e. The fourth-order valence-electron chi connectivity index (χ4n) is 18.6. The van der Waals surface area contributed by atoms with E-state index < -0.39 is 0 Å². The van der Waals surface area contributed by atoms with Crippen LogP contribution in [-0.4, -0.2) is 44.8 Å². The molecule has 0 aromatic rings. The van der Waals surface area contributed by atoms with Crippen molar-refractivity contribution >= 4 is 0 Å². The van der Waals surface area contributed by atoms with Gasteiger partial charge in [-0.1, -0.05) is 99.3 Å². The fourth-order valence-corrected chi connectivity index (χ4v) is 18.6. The topological polar surface area (TPSA) is 80.9 Å². The minimum atomic E-state index is -0.156. The van der Waals surface area contributed by atoms with Crippen LogP contribution in [0.5, 0.6) is 0 Å². The molecular formula is C51H88O4. The second kappa shape index (κ2) is 16.0. The minimum absolute atomic E-state index is 0.147. The predicted octanol–water partition coefficient (Wildman–Crippen LogP) is 11.8. The van der Waals surface area contributed by atoms with Crippen molar-refractivity contribution in [2.75, 3.05) is 0 Å². The molecule has 20 atom stereocenters. The molecule has 0 heterocycles. The third kappa shape index (κ3) is 7.19. The van der Waals surface area contributed by atoms with Crippen molar-refractivity contribution in [1.29, 1.82) is 0 Å². The smallest absolute Gasteiger partial charge is 0.0577 e. The first-order valence-corrected chi connectivity index (χ1v) is 24.9. The molecule has 0 aliphatic heterocycles. The van der Waals surface area contributed by atoms with E-state index >= 15 is 0 Å².